The van der Waals surface area contributed by atoms with E-state index in [9.17, 15) is 4.55 Å². The summed E-state index contributed by atoms with van der Waals surface area (Å²) in [5.41, 5.74) is 10.1. The molecule has 8 nitrogen and oxygen atoms in total. The predicted molar refractivity (Wildman–Crippen MR) is 128 cm³/mol. The van der Waals surface area contributed by atoms with Gasteiger partial charge in [0.15, 0.2) is 0 Å². The molecule has 0 spiro atoms. The first-order valence-electron chi connectivity index (χ1n) is 10.4. The number of pyridine rings is 2. The van der Waals surface area contributed by atoms with Crippen LogP contribution in [0.25, 0.3) is 32.7 Å². The van der Waals surface area contributed by atoms with Crippen molar-refractivity contribution in [2.45, 2.75) is 28.7 Å². The highest BCUT2D eigenvalue weighted by atomic mass is 32.2. The van der Waals surface area contributed by atoms with E-state index >= 15 is 0 Å². The van der Waals surface area contributed by atoms with E-state index in [1.807, 2.05) is 24.3 Å². The third-order valence-electron chi connectivity index (χ3n) is 5.49. The summed E-state index contributed by atoms with van der Waals surface area (Å²) < 4.78 is 13.8. The number of hydrogen-bond acceptors (Lipinski definition) is 9. The summed E-state index contributed by atoms with van der Waals surface area (Å²) in [6.07, 6.45) is 8.18. The van der Waals surface area contributed by atoms with Crippen LogP contribution >= 0.6 is 11.3 Å². The Morgan fingerprint density at radius 2 is 2.00 bits per heavy atom. The lowest BCUT2D eigenvalue weighted by Gasteiger charge is -2.27. The van der Waals surface area contributed by atoms with E-state index in [-0.39, 0.29) is 11.9 Å². The SMILES string of the molecule is Nc1c([S@@+]([O-])C2CCC2)sc2nc(-c3cnc(NCCO)nc3)cc(-c3ccccn3)c12. The molecular weight excluding hydrogens is 444 g/mol. The molecule has 1 aliphatic carbocycles. The number of aromatic nitrogens is 4. The van der Waals surface area contributed by atoms with Crippen LogP contribution < -0.4 is 11.1 Å². The molecule has 1 aliphatic rings. The molecule has 1 atom stereocenters. The van der Waals surface area contributed by atoms with Crippen molar-refractivity contribution in [2.24, 2.45) is 0 Å². The quantitative estimate of drug-likeness (QED) is 0.353. The molecule has 0 radical (unpaired) electrons. The monoisotopic (exact) mass is 466 g/mol. The molecule has 0 bridgehead atoms. The second-order valence-electron chi connectivity index (χ2n) is 7.55. The van der Waals surface area contributed by atoms with Gasteiger partial charge in [0.25, 0.3) is 0 Å². The van der Waals surface area contributed by atoms with Gasteiger partial charge < -0.3 is 20.7 Å². The molecule has 0 aliphatic heterocycles. The Morgan fingerprint density at radius 3 is 2.66 bits per heavy atom. The number of anilines is 2. The van der Waals surface area contributed by atoms with Crippen LogP contribution in [0, 0.1) is 0 Å². The van der Waals surface area contributed by atoms with Crippen LogP contribution in [0.1, 0.15) is 19.3 Å². The third-order valence-corrected chi connectivity index (χ3v) is 8.79. The summed E-state index contributed by atoms with van der Waals surface area (Å²) in [6, 6.07) is 7.65. The smallest absolute Gasteiger partial charge is 0.232 e. The van der Waals surface area contributed by atoms with Crippen LogP contribution in [-0.2, 0) is 11.2 Å². The van der Waals surface area contributed by atoms with Crippen molar-refractivity contribution in [1.29, 1.82) is 0 Å². The third kappa shape index (κ3) is 3.90. The number of rotatable bonds is 7. The van der Waals surface area contributed by atoms with Crippen molar-refractivity contribution < 1.29 is 9.66 Å². The van der Waals surface area contributed by atoms with Crippen LogP contribution in [0.2, 0.25) is 0 Å². The second kappa shape index (κ2) is 8.99. The van der Waals surface area contributed by atoms with Crippen molar-refractivity contribution in [3.63, 3.8) is 0 Å². The molecule has 0 unspecified atom stereocenters. The minimum atomic E-state index is -1.13. The number of thiophene rings is 1. The molecule has 0 amide bonds. The highest BCUT2D eigenvalue weighted by Gasteiger charge is 2.35. The molecule has 4 N–H and O–H groups in total. The maximum atomic E-state index is 13.1. The van der Waals surface area contributed by atoms with E-state index in [1.54, 1.807) is 18.6 Å². The molecule has 1 saturated carbocycles. The molecule has 0 aromatic carbocycles. The van der Waals surface area contributed by atoms with Crippen molar-refractivity contribution in [1.82, 2.24) is 19.9 Å². The van der Waals surface area contributed by atoms with Gasteiger partial charge in [-0.3, -0.25) is 4.98 Å². The van der Waals surface area contributed by atoms with Gasteiger partial charge in [0.05, 0.1) is 18.0 Å². The fourth-order valence-electron chi connectivity index (χ4n) is 3.58. The summed E-state index contributed by atoms with van der Waals surface area (Å²) in [7, 11) is 0. The zero-order chi connectivity index (χ0) is 22.1. The van der Waals surface area contributed by atoms with E-state index in [0.29, 0.717) is 28.1 Å². The summed E-state index contributed by atoms with van der Waals surface area (Å²) in [4.78, 5) is 18.7. The maximum absolute atomic E-state index is 13.1. The fourth-order valence-corrected chi connectivity index (χ4v) is 6.79. The van der Waals surface area contributed by atoms with Crippen LogP contribution in [0.3, 0.4) is 0 Å². The molecule has 5 rings (SSSR count). The number of aliphatic hydroxyl groups excluding tert-OH is 1. The summed E-state index contributed by atoms with van der Waals surface area (Å²) >= 11 is 0.268. The normalized spacial score (nSPS) is 14.9. The summed E-state index contributed by atoms with van der Waals surface area (Å²) in [5, 5.41) is 12.9. The minimum Gasteiger partial charge on any atom is -0.611 e. The van der Waals surface area contributed by atoms with Crippen LogP contribution in [-0.4, -0.2) is 48.0 Å². The largest absolute Gasteiger partial charge is 0.611 e. The van der Waals surface area contributed by atoms with Gasteiger partial charge in [0.2, 0.25) is 10.2 Å². The van der Waals surface area contributed by atoms with E-state index < -0.39 is 11.2 Å². The number of fused-ring (bicyclic) bond motifs is 1. The first-order chi connectivity index (χ1) is 15.7. The van der Waals surface area contributed by atoms with Crippen molar-refractivity contribution >= 4 is 44.4 Å². The Kier molecular flexibility index (Phi) is 5.92. The van der Waals surface area contributed by atoms with Crippen LogP contribution in [0.4, 0.5) is 11.6 Å². The highest BCUT2D eigenvalue weighted by molar-refractivity contribution is 7.94. The predicted octanol–water partition coefficient (Wildman–Crippen LogP) is 3.46. The van der Waals surface area contributed by atoms with Gasteiger partial charge in [-0.25, -0.2) is 15.0 Å². The Hall–Kier alpha value is -2.79. The number of aliphatic hydroxyl groups is 1. The summed E-state index contributed by atoms with van der Waals surface area (Å²) in [5.74, 6) is 0.437. The van der Waals surface area contributed by atoms with Gasteiger partial charge in [-0.2, -0.15) is 0 Å². The fraction of sp³-hybridized carbons (Fsp3) is 0.273. The topological polar surface area (TPSA) is 133 Å². The highest BCUT2D eigenvalue weighted by Crippen LogP contribution is 2.45. The lowest BCUT2D eigenvalue weighted by Crippen LogP contribution is -2.28. The molecule has 4 aromatic rings. The Balaban J connectivity index is 1.63. The summed E-state index contributed by atoms with van der Waals surface area (Å²) in [6.45, 7) is 0.379. The zero-order valence-corrected chi connectivity index (χ0v) is 18.8. The number of nitrogens with one attached hydrogen (secondary N) is 1. The van der Waals surface area contributed by atoms with E-state index in [0.717, 1.165) is 46.3 Å². The van der Waals surface area contributed by atoms with Crippen LogP contribution in [0.15, 0.2) is 47.1 Å². The Labute approximate surface area is 192 Å². The van der Waals surface area contributed by atoms with E-state index in [4.69, 9.17) is 15.8 Å². The number of nitrogens with zero attached hydrogens (tertiary/aromatic N) is 4. The van der Waals surface area contributed by atoms with Gasteiger partial charge in [0.1, 0.15) is 15.8 Å². The number of nitrogens with two attached hydrogens (primary N) is 1. The zero-order valence-electron chi connectivity index (χ0n) is 17.2. The van der Waals surface area contributed by atoms with Gasteiger partial charge in [-0.05, 0) is 37.5 Å². The van der Waals surface area contributed by atoms with Gasteiger partial charge in [-0.1, -0.05) is 17.4 Å². The van der Waals surface area contributed by atoms with Crippen LogP contribution in [0.5, 0.6) is 0 Å². The van der Waals surface area contributed by atoms with E-state index in [1.165, 1.54) is 11.3 Å². The Bertz CT molecular complexity index is 1230. The molecule has 164 valence electrons. The molecule has 32 heavy (non-hydrogen) atoms. The lowest BCUT2D eigenvalue weighted by atomic mass is 10.00. The Morgan fingerprint density at radius 1 is 1.19 bits per heavy atom. The van der Waals surface area contributed by atoms with E-state index in [2.05, 4.69) is 20.3 Å². The molecule has 10 heteroatoms. The first-order valence-corrected chi connectivity index (χ1v) is 12.4. The molecule has 4 aromatic heterocycles. The van der Waals surface area contributed by atoms with Gasteiger partial charge >= 0.3 is 0 Å². The first kappa shape index (κ1) is 21.1. The average molecular weight is 467 g/mol. The van der Waals surface area contributed by atoms with Crippen molar-refractivity contribution in [2.75, 3.05) is 24.2 Å². The molecule has 0 saturated heterocycles. The molecule has 4 heterocycles. The lowest BCUT2D eigenvalue weighted by molar-refractivity contribution is 0.311. The van der Waals surface area contributed by atoms with Gasteiger partial charge in [-0.15, -0.1) is 0 Å². The van der Waals surface area contributed by atoms with Crippen molar-refractivity contribution in [3.05, 3.63) is 42.9 Å². The molecular formula is C22H22N6O2S2. The minimum absolute atomic E-state index is 0.00112. The second-order valence-corrected chi connectivity index (χ2v) is 10.5. The average Bonchev–Trinajstić information content (AvgIpc) is 3.13. The number of hydrogen-bond donors (Lipinski definition) is 3. The van der Waals surface area contributed by atoms with Gasteiger partial charge in [0, 0.05) is 52.8 Å². The van der Waals surface area contributed by atoms with Crippen molar-refractivity contribution in [3.8, 4) is 22.5 Å². The number of nitrogen functional groups attached to an aromatic ring is 1. The maximum Gasteiger partial charge on any atom is 0.232 e. The standard InChI is InChI=1S/C22H22N6O2S2/c23-19-18-15(16-6-1-2-7-24-16)10-17(13-11-26-22(27-12-13)25-8-9-29)28-20(18)31-21(19)32(30)14-4-3-5-14/h1-2,6-7,10-12,14,29H,3-5,8-9,23H2,(H,25,26,27)/t32-/m0/s1. The molecule has 1 fully saturated rings.